The van der Waals surface area contributed by atoms with Crippen LogP contribution in [0, 0.1) is 40.9 Å². The van der Waals surface area contributed by atoms with Gasteiger partial charge in [-0.3, -0.25) is 0 Å². The average Bonchev–Trinajstić information content (AvgIpc) is 3.19. The van der Waals surface area contributed by atoms with Crippen LogP contribution < -0.4 is 11.1 Å². The number of hydrogen-bond acceptors (Lipinski definition) is 3. The van der Waals surface area contributed by atoms with E-state index < -0.39 is 0 Å². The summed E-state index contributed by atoms with van der Waals surface area (Å²) in [7, 11) is 0. The Kier molecular flexibility index (Phi) is 4.99. The summed E-state index contributed by atoms with van der Waals surface area (Å²) in [6, 6.07) is 1.03. The van der Waals surface area contributed by atoms with Crippen molar-refractivity contribution >= 4 is 0 Å². The molecule has 3 N–H and O–H groups in total. The van der Waals surface area contributed by atoms with Gasteiger partial charge in [0, 0.05) is 18.0 Å². The summed E-state index contributed by atoms with van der Waals surface area (Å²) >= 11 is 0. The minimum absolute atomic E-state index is 0.0853. The van der Waals surface area contributed by atoms with E-state index in [2.05, 4.69) is 33.0 Å². The van der Waals surface area contributed by atoms with E-state index in [4.69, 9.17) is 10.5 Å². The maximum absolute atomic E-state index is 7.04. The standard InChI is InChI=1S/C28H46N2O/c1-16-11-25-26(30-15-16)18(3)28(31-25)10-8-21-22-6-5-19-12-20(29)7-9-27(19,4)24(22)13-23(21)17(2)14-28/h16,18-22,24-26,30H,5-15,29H2,1-4H3/t16-,18+,19+,20+,21-,22?,24-,25+,26-,27-,28-/m0/s1. The SMILES string of the molecule is CC1=C2C[C@H]3C(CC[C@@H]4C[C@H](N)CC[C@@]43C)[C@@H]2CC[C@@]2(C1)O[C@@H]1C[C@H](C)CN[C@H]1[C@H]2C. The van der Waals surface area contributed by atoms with Gasteiger partial charge in [0.15, 0.2) is 0 Å². The normalized spacial score (nSPS) is 56.6. The third-order valence-corrected chi connectivity index (χ3v) is 11.7. The van der Waals surface area contributed by atoms with Crippen LogP contribution in [0.4, 0.5) is 0 Å². The lowest BCUT2D eigenvalue weighted by atomic mass is 9.52. The van der Waals surface area contributed by atoms with Crippen LogP contribution in [0.25, 0.3) is 0 Å². The molecule has 6 aliphatic rings. The molecular formula is C28H46N2O. The van der Waals surface area contributed by atoms with Crippen LogP contribution in [0.3, 0.4) is 0 Å². The third kappa shape index (κ3) is 3.08. The molecule has 31 heavy (non-hydrogen) atoms. The van der Waals surface area contributed by atoms with E-state index in [0.717, 1.165) is 29.6 Å². The molecule has 2 heterocycles. The van der Waals surface area contributed by atoms with Crippen molar-refractivity contribution in [1.29, 1.82) is 0 Å². The minimum Gasteiger partial charge on any atom is -0.369 e. The second kappa shape index (κ2) is 7.31. The summed E-state index contributed by atoms with van der Waals surface area (Å²) in [5.41, 5.74) is 10.6. The van der Waals surface area contributed by atoms with Crippen molar-refractivity contribution in [3.05, 3.63) is 11.1 Å². The fraction of sp³-hybridized carbons (Fsp3) is 0.929. The van der Waals surface area contributed by atoms with Gasteiger partial charge in [0.05, 0.1) is 11.7 Å². The Morgan fingerprint density at radius 2 is 1.90 bits per heavy atom. The summed E-state index contributed by atoms with van der Waals surface area (Å²) < 4.78 is 7.04. The largest absolute Gasteiger partial charge is 0.369 e. The third-order valence-electron chi connectivity index (χ3n) is 11.7. The molecular weight excluding hydrogens is 380 g/mol. The quantitative estimate of drug-likeness (QED) is 0.507. The van der Waals surface area contributed by atoms with Gasteiger partial charge >= 0.3 is 0 Å². The highest BCUT2D eigenvalue weighted by Crippen LogP contribution is 2.65. The van der Waals surface area contributed by atoms with E-state index in [0.29, 0.717) is 29.5 Å². The number of allylic oxidation sites excluding steroid dienone is 1. The number of fused-ring (bicyclic) bond motifs is 6. The predicted molar refractivity (Wildman–Crippen MR) is 127 cm³/mol. The number of rotatable bonds is 0. The van der Waals surface area contributed by atoms with Crippen LogP contribution in [-0.2, 0) is 4.74 Å². The highest BCUT2D eigenvalue weighted by atomic mass is 16.5. The Bertz CT molecular complexity index is 762. The van der Waals surface area contributed by atoms with Crippen molar-refractivity contribution < 1.29 is 4.74 Å². The number of piperidine rings is 1. The second-order valence-corrected chi connectivity index (χ2v) is 13.2. The molecule has 0 bridgehead atoms. The Morgan fingerprint density at radius 3 is 2.74 bits per heavy atom. The molecule has 0 aromatic carbocycles. The summed E-state index contributed by atoms with van der Waals surface area (Å²) in [5, 5.41) is 3.87. The fourth-order valence-electron chi connectivity index (χ4n) is 9.86. The van der Waals surface area contributed by atoms with E-state index >= 15 is 0 Å². The monoisotopic (exact) mass is 426 g/mol. The average molecular weight is 427 g/mol. The molecule has 0 aromatic rings. The molecule has 0 aromatic heterocycles. The molecule has 1 spiro atoms. The maximum atomic E-state index is 7.04. The van der Waals surface area contributed by atoms with Gasteiger partial charge in [-0.15, -0.1) is 0 Å². The van der Waals surface area contributed by atoms with Crippen molar-refractivity contribution in [2.45, 2.75) is 116 Å². The van der Waals surface area contributed by atoms with Crippen LogP contribution in [0.2, 0.25) is 0 Å². The van der Waals surface area contributed by atoms with Crippen molar-refractivity contribution in [1.82, 2.24) is 5.32 Å². The zero-order chi connectivity index (χ0) is 21.5. The van der Waals surface area contributed by atoms with Crippen LogP contribution in [0.1, 0.15) is 91.9 Å². The van der Waals surface area contributed by atoms with Gasteiger partial charge in [0.2, 0.25) is 0 Å². The first-order valence-corrected chi connectivity index (χ1v) is 13.7. The van der Waals surface area contributed by atoms with E-state index in [1.807, 2.05) is 5.57 Å². The van der Waals surface area contributed by atoms with Crippen molar-refractivity contribution in [2.24, 2.45) is 46.7 Å². The zero-order valence-electron chi connectivity index (χ0n) is 20.5. The summed E-state index contributed by atoms with van der Waals surface area (Å²) in [6.07, 6.45) is 13.7. The van der Waals surface area contributed by atoms with Crippen LogP contribution in [-0.4, -0.2) is 30.3 Å². The zero-order valence-corrected chi connectivity index (χ0v) is 20.5. The van der Waals surface area contributed by atoms with Crippen molar-refractivity contribution in [2.75, 3.05) is 6.54 Å². The van der Waals surface area contributed by atoms with E-state index in [9.17, 15) is 0 Å². The maximum Gasteiger partial charge on any atom is 0.0765 e. The molecule has 4 aliphatic carbocycles. The Labute approximate surface area is 190 Å². The first-order valence-electron chi connectivity index (χ1n) is 13.7. The number of nitrogens with one attached hydrogen (secondary N) is 1. The lowest BCUT2D eigenvalue weighted by Gasteiger charge is -2.54. The van der Waals surface area contributed by atoms with E-state index in [1.54, 1.807) is 5.57 Å². The molecule has 2 aliphatic heterocycles. The Balaban J connectivity index is 1.27. The van der Waals surface area contributed by atoms with Crippen LogP contribution in [0.15, 0.2) is 11.1 Å². The molecule has 6 rings (SSSR count). The van der Waals surface area contributed by atoms with E-state index in [-0.39, 0.29) is 5.60 Å². The van der Waals surface area contributed by atoms with Crippen molar-refractivity contribution in [3.63, 3.8) is 0 Å². The first kappa shape index (κ1) is 21.2. The summed E-state index contributed by atoms with van der Waals surface area (Å²) in [5.74, 6) is 4.92. The van der Waals surface area contributed by atoms with Crippen molar-refractivity contribution in [3.8, 4) is 0 Å². The number of nitrogens with two attached hydrogens (primary N) is 1. The van der Waals surface area contributed by atoms with Crippen LogP contribution >= 0.6 is 0 Å². The van der Waals surface area contributed by atoms with Gasteiger partial charge in [0.25, 0.3) is 0 Å². The van der Waals surface area contributed by atoms with Gasteiger partial charge in [-0.25, -0.2) is 0 Å². The molecule has 1 unspecified atom stereocenters. The lowest BCUT2D eigenvalue weighted by Crippen LogP contribution is -2.49. The van der Waals surface area contributed by atoms with Crippen LogP contribution in [0.5, 0.6) is 0 Å². The molecule has 0 amide bonds. The van der Waals surface area contributed by atoms with Gasteiger partial charge < -0.3 is 15.8 Å². The number of hydrogen-bond donors (Lipinski definition) is 2. The molecule has 2 saturated heterocycles. The van der Waals surface area contributed by atoms with E-state index in [1.165, 1.54) is 70.8 Å². The topological polar surface area (TPSA) is 47.3 Å². The second-order valence-electron chi connectivity index (χ2n) is 13.2. The lowest BCUT2D eigenvalue weighted by molar-refractivity contribution is -0.0745. The Morgan fingerprint density at radius 1 is 1.06 bits per heavy atom. The molecule has 3 nitrogen and oxygen atoms in total. The molecule has 3 saturated carbocycles. The smallest absolute Gasteiger partial charge is 0.0765 e. The first-order chi connectivity index (χ1) is 14.8. The number of ether oxygens (including phenoxy) is 1. The molecule has 0 radical (unpaired) electrons. The van der Waals surface area contributed by atoms with Gasteiger partial charge in [-0.1, -0.05) is 31.9 Å². The predicted octanol–water partition coefficient (Wildman–Crippen LogP) is 5.44. The highest BCUT2D eigenvalue weighted by molar-refractivity contribution is 5.29. The highest BCUT2D eigenvalue weighted by Gasteiger charge is 2.59. The molecule has 5 fully saturated rings. The molecule has 174 valence electrons. The fourth-order valence-corrected chi connectivity index (χ4v) is 9.86. The van der Waals surface area contributed by atoms with Gasteiger partial charge in [0.1, 0.15) is 0 Å². The summed E-state index contributed by atoms with van der Waals surface area (Å²) in [4.78, 5) is 0. The van der Waals surface area contributed by atoms with Gasteiger partial charge in [-0.2, -0.15) is 0 Å². The minimum atomic E-state index is 0.0853. The molecule has 11 atom stereocenters. The molecule has 3 heteroatoms. The van der Waals surface area contributed by atoms with Gasteiger partial charge in [-0.05, 0) is 113 Å². The summed E-state index contributed by atoms with van der Waals surface area (Å²) in [6.45, 7) is 11.2. The Hall–Kier alpha value is -0.380.